The van der Waals surface area contributed by atoms with Gasteiger partial charge in [0.1, 0.15) is 42.8 Å². The first-order valence-electron chi connectivity index (χ1n) is 19.5. The maximum atomic E-state index is 14.0. The lowest BCUT2D eigenvalue weighted by Crippen LogP contribution is -2.58. The number of methoxy groups -OCH3 is 1. The van der Waals surface area contributed by atoms with Gasteiger partial charge in [0.05, 0.1) is 12.7 Å². The van der Waals surface area contributed by atoms with E-state index in [1.54, 1.807) is 27.9 Å². The summed E-state index contributed by atoms with van der Waals surface area (Å²) in [4.78, 5) is 67.4. The molecule has 0 bridgehead atoms. The normalized spacial score (nSPS) is 20.9. The number of anilines is 1. The Labute approximate surface area is 351 Å². The van der Waals surface area contributed by atoms with E-state index in [0.29, 0.717) is 31.7 Å². The number of likely N-dealkylation sites (N-methyl/N-ethyl adjacent to an activating group) is 1. The van der Waals surface area contributed by atoms with Crippen LogP contribution in [0.4, 0.5) is 23.2 Å². The summed E-state index contributed by atoms with van der Waals surface area (Å²) < 4.78 is 58.7. The van der Waals surface area contributed by atoms with E-state index in [1.807, 2.05) is 26.6 Å². The number of hydrogen-bond acceptors (Lipinski definition) is 9. The largest absolute Gasteiger partial charge is 0.497 e. The lowest BCUT2D eigenvalue weighted by Gasteiger charge is -2.36. The van der Waals surface area contributed by atoms with Crippen molar-refractivity contribution in [1.82, 2.24) is 20.4 Å². The molecule has 2 aromatic carbocycles. The van der Waals surface area contributed by atoms with Crippen molar-refractivity contribution >= 4 is 43.5 Å². The van der Waals surface area contributed by atoms with Crippen molar-refractivity contribution in [3.63, 3.8) is 0 Å². The summed E-state index contributed by atoms with van der Waals surface area (Å²) in [5.74, 6) is -1.30. The van der Waals surface area contributed by atoms with Crippen molar-refractivity contribution in [3.8, 4) is 5.75 Å². The third-order valence-electron chi connectivity index (χ3n) is 10.6. The fraction of sp³-hybridized carbons (Fsp3) is 0.581. The average Bonchev–Trinajstić information content (AvgIpc) is 3.94. The number of carboxylic acid groups (broad SMARTS) is 1. The number of nitrogens with one attached hydrogen (secondary N) is 3. The van der Waals surface area contributed by atoms with Crippen LogP contribution in [0.25, 0.3) is 0 Å². The van der Waals surface area contributed by atoms with Crippen LogP contribution in [0.3, 0.4) is 0 Å². The van der Waals surface area contributed by atoms with Crippen LogP contribution >= 0.6 is 0 Å². The number of nitrogens with zero attached hydrogens (tertiary/aromatic N) is 2. The number of amides is 3. The van der Waals surface area contributed by atoms with Gasteiger partial charge in [-0.05, 0) is 97.4 Å². The van der Waals surface area contributed by atoms with Gasteiger partial charge in [-0.25, -0.2) is 4.39 Å². The van der Waals surface area contributed by atoms with Crippen molar-refractivity contribution in [2.75, 3.05) is 33.1 Å². The molecule has 4 atom stereocenters. The highest BCUT2D eigenvalue weighted by molar-refractivity contribution is 5.98. The first kappa shape index (κ1) is 53.0. The van der Waals surface area contributed by atoms with Crippen LogP contribution < -0.4 is 20.7 Å². The number of ether oxygens (including phenoxy) is 1. The average molecular weight is 854 g/mol. The second-order valence-corrected chi connectivity index (χ2v) is 16.8. The minimum Gasteiger partial charge on any atom is -0.497 e. The Hall–Kier alpha value is -5.06. The fourth-order valence-corrected chi connectivity index (χ4v) is 6.88. The van der Waals surface area contributed by atoms with Crippen LogP contribution in [-0.2, 0) is 48.0 Å². The van der Waals surface area contributed by atoms with Crippen molar-refractivity contribution in [2.45, 2.75) is 117 Å². The van der Waals surface area contributed by atoms with E-state index in [4.69, 9.17) is 24.2 Å². The standard InChI is InChI=1S/C25H34F4N4O3.C10H13NO.C5H10.CH2O2.2CH2O/c1-6-14-13-24(14,22(36)30-5)32-20(34)18-8-7-9-33(18)21(35)19(23(2,3)4)31-17-11-15(25(27,28)29)10-16(26)12-17;1-11-6-8-3-4-10(12-2)5-9(8)7-11;1-5(2)3-4-5;2-1-3;2*1-2/h10-12,14,18-19,31H,6-9,13H2,1-5H3,(H,30,36)(H,32,34);3-5H,6-7H2,1-2H3;3-4H2,1-2H3;1H,(H,2,3);2*1H2/t14?,18?,19-,24?;;;;;/m1...../s1. The lowest BCUT2D eigenvalue weighted by molar-refractivity contribution is -0.141. The number of carbonyl (C=O) groups is 6. The maximum absolute atomic E-state index is 14.0. The molecule has 3 unspecified atom stereocenters. The quantitative estimate of drug-likeness (QED) is 0.170. The van der Waals surface area contributed by atoms with E-state index in [1.165, 1.54) is 35.9 Å². The van der Waals surface area contributed by atoms with Gasteiger partial charge in [0.2, 0.25) is 17.7 Å². The molecule has 2 saturated carbocycles. The predicted molar refractivity (Wildman–Crippen MR) is 220 cm³/mol. The third-order valence-corrected chi connectivity index (χ3v) is 10.6. The SMILES string of the molecule is C=O.C=O.CC1(C)CC1.CCC1CC1(NC(=O)C1CCCN1C(=O)[C@@H](Nc1cc(F)cc(C(F)(F)F)c1)C(C)(C)C)C(=O)NC.COc1ccc2c(c1)CN(C)C2.O=CO. The Bertz CT molecular complexity index is 1730. The van der Waals surface area contributed by atoms with Gasteiger partial charge in [-0.2, -0.15) is 13.2 Å². The lowest BCUT2D eigenvalue weighted by atomic mass is 9.85. The molecule has 2 aliphatic carbocycles. The molecule has 60 heavy (non-hydrogen) atoms. The van der Waals surface area contributed by atoms with Gasteiger partial charge in [-0.15, -0.1) is 0 Å². The second-order valence-electron chi connectivity index (χ2n) is 16.8. The number of fused-ring (bicyclic) bond motifs is 1. The maximum Gasteiger partial charge on any atom is 0.416 e. The molecule has 6 rings (SSSR count). The summed E-state index contributed by atoms with van der Waals surface area (Å²) in [7, 11) is 5.34. The van der Waals surface area contributed by atoms with E-state index in [2.05, 4.69) is 53.9 Å². The molecule has 2 aromatic rings. The molecule has 0 aromatic heterocycles. The third kappa shape index (κ3) is 15.2. The van der Waals surface area contributed by atoms with E-state index in [0.717, 1.165) is 36.4 Å². The molecule has 2 aliphatic heterocycles. The molecule has 0 spiro atoms. The summed E-state index contributed by atoms with van der Waals surface area (Å²) in [5.41, 5.74) is 0.458. The van der Waals surface area contributed by atoms with Crippen LogP contribution in [0.5, 0.6) is 5.75 Å². The topological polar surface area (TPSA) is 174 Å². The van der Waals surface area contributed by atoms with Gasteiger partial charge >= 0.3 is 6.18 Å². The minimum atomic E-state index is -4.75. The van der Waals surface area contributed by atoms with E-state index in [9.17, 15) is 31.9 Å². The van der Waals surface area contributed by atoms with Crippen LogP contribution in [0.1, 0.15) is 96.8 Å². The Morgan fingerprint density at radius 2 is 1.58 bits per heavy atom. The number of likely N-dealkylation sites (tertiary alicyclic amines) is 1. The first-order chi connectivity index (χ1) is 28.0. The molecule has 0 radical (unpaired) electrons. The van der Waals surface area contributed by atoms with E-state index in [-0.39, 0.29) is 30.5 Å². The molecule has 3 fully saturated rings. The fourth-order valence-electron chi connectivity index (χ4n) is 6.88. The second kappa shape index (κ2) is 23.1. The number of halogens is 4. The summed E-state index contributed by atoms with van der Waals surface area (Å²) in [6.45, 7) is 17.9. The number of carbonyl (C=O) groups excluding carboxylic acids is 5. The van der Waals surface area contributed by atoms with Gasteiger partial charge in [-0.3, -0.25) is 24.1 Å². The zero-order valence-electron chi connectivity index (χ0n) is 36.3. The zero-order chi connectivity index (χ0) is 46.2. The Kier molecular flexibility index (Phi) is 20.4. The summed E-state index contributed by atoms with van der Waals surface area (Å²) in [6, 6.07) is 6.50. The Morgan fingerprint density at radius 1 is 1.02 bits per heavy atom. The molecule has 4 aliphatic rings. The molecular weight excluding hydrogens is 790 g/mol. The Balaban J connectivity index is 0.000000604. The van der Waals surface area contributed by atoms with Crippen molar-refractivity contribution in [1.29, 1.82) is 0 Å². The summed E-state index contributed by atoms with van der Waals surface area (Å²) in [5, 5.41) is 15.1. The number of rotatable bonds is 8. The predicted octanol–water partition coefficient (Wildman–Crippen LogP) is 6.47. The molecular formula is C43H63F4N5O8. The van der Waals surface area contributed by atoms with Crippen LogP contribution in [-0.4, -0.2) is 98.1 Å². The highest BCUT2D eigenvalue weighted by atomic mass is 19.4. The van der Waals surface area contributed by atoms with Gasteiger partial charge in [0.15, 0.2) is 0 Å². The number of benzene rings is 2. The molecule has 4 N–H and O–H groups in total. The van der Waals surface area contributed by atoms with Gasteiger partial charge in [0.25, 0.3) is 6.47 Å². The van der Waals surface area contributed by atoms with E-state index >= 15 is 0 Å². The molecule has 13 nitrogen and oxygen atoms in total. The zero-order valence-corrected chi connectivity index (χ0v) is 36.3. The summed E-state index contributed by atoms with van der Waals surface area (Å²) in [6.07, 6.45) is 0.335. The van der Waals surface area contributed by atoms with Crippen molar-refractivity contribution in [3.05, 3.63) is 58.9 Å². The monoisotopic (exact) mass is 853 g/mol. The minimum absolute atomic E-state index is 0.00625. The van der Waals surface area contributed by atoms with Crippen LogP contribution in [0, 0.1) is 22.6 Å². The highest BCUT2D eigenvalue weighted by Gasteiger charge is 2.60. The van der Waals surface area contributed by atoms with Gasteiger partial charge in [0, 0.05) is 32.4 Å². The van der Waals surface area contributed by atoms with Crippen LogP contribution in [0.15, 0.2) is 36.4 Å². The molecule has 3 amide bonds. The van der Waals surface area contributed by atoms with Crippen LogP contribution in [0.2, 0.25) is 0 Å². The number of hydrogen-bond donors (Lipinski definition) is 4. The molecule has 1 saturated heterocycles. The molecule has 336 valence electrons. The first-order valence-corrected chi connectivity index (χ1v) is 19.5. The van der Waals surface area contributed by atoms with E-state index < -0.39 is 52.4 Å². The molecule has 2 heterocycles. The van der Waals surface area contributed by atoms with Gasteiger partial charge < -0.3 is 40.3 Å². The van der Waals surface area contributed by atoms with Crippen molar-refractivity contribution < 1.29 is 56.2 Å². The summed E-state index contributed by atoms with van der Waals surface area (Å²) >= 11 is 0. The van der Waals surface area contributed by atoms with Gasteiger partial charge in [-0.1, -0.05) is 54.0 Å². The Morgan fingerprint density at radius 3 is 2.05 bits per heavy atom. The smallest absolute Gasteiger partial charge is 0.416 e. The molecule has 17 heteroatoms. The number of alkyl halides is 3. The van der Waals surface area contributed by atoms with Crippen molar-refractivity contribution in [2.24, 2.45) is 16.7 Å². The highest BCUT2D eigenvalue weighted by Crippen LogP contribution is 2.46.